The molecule has 0 radical (unpaired) electrons. The van der Waals surface area contributed by atoms with Gasteiger partial charge in [-0.2, -0.15) is 0 Å². The van der Waals surface area contributed by atoms with Gasteiger partial charge in [0.15, 0.2) is 23.1 Å². The first-order chi connectivity index (χ1) is 22.9. The van der Waals surface area contributed by atoms with Crippen molar-refractivity contribution in [3.63, 3.8) is 0 Å². The van der Waals surface area contributed by atoms with E-state index >= 15 is 0 Å². The second-order valence-corrected chi connectivity index (χ2v) is 12.9. The van der Waals surface area contributed by atoms with Gasteiger partial charge in [0.2, 0.25) is 0 Å². The highest BCUT2D eigenvalue weighted by atomic mass is 16.5. The molecule has 0 amide bonds. The van der Waals surface area contributed by atoms with Crippen LogP contribution in [0.1, 0.15) is 43.5 Å². The van der Waals surface area contributed by atoms with Crippen molar-refractivity contribution >= 4 is 22.6 Å². The summed E-state index contributed by atoms with van der Waals surface area (Å²) in [7, 11) is 4.61. The highest BCUT2D eigenvalue weighted by Gasteiger charge is 2.59. The Kier molecular flexibility index (Phi) is 7.18. The number of carbonyl (C=O) groups excluding carboxylic acids is 2. The number of Topliss-reactive ketones (excluding diaryl/α,β-unsaturated/α-hetero) is 1. The smallest absolute Gasteiger partial charge is 0.347 e. The number of fused-ring (bicyclic) bond motifs is 5. The molecule has 48 heavy (non-hydrogen) atoms. The van der Waals surface area contributed by atoms with Crippen molar-refractivity contribution in [3.05, 3.63) is 102 Å². The van der Waals surface area contributed by atoms with E-state index in [1.54, 1.807) is 51.2 Å². The maximum atomic E-state index is 14.1. The van der Waals surface area contributed by atoms with Crippen molar-refractivity contribution in [2.24, 2.45) is 18.4 Å². The van der Waals surface area contributed by atoms with Crippen molar-refractivity contribution in [2.75, 3.05) is 14.2 Å². The number of carbonyl (C=O) groups is 2. The summed E-state index contributed by atoms with van der Waals surface area (Å²) >= 11 is 0. The largest absolute Gasteiger partial charge is 0.508 e. The molecular weight excluding hydrogens is 618 g/mol. The fourth-order valence-corrected chi connectivity index (χ4v) is 7.95. The van der Waals surface area contributed by atoms with Crippen LogP contribution >= 0.6 is 0 Å². The number of ketones is 2. The molecule has 13 nitrogen and oxygen atoms in total. The summed E-state index contributed by atoms with van der Waals surface area (Å²) in [6.45, 7) is 3.30. The maximum absolute atomic E-state index is 14.1. The van der Waals surface area contributed by atoms with E-state index in [2.05, 4.69) is 4.98 Å². The molecule has 3 aliphatic rings. The van der Waals surface area contributed by atoms with Gasteiger partial charge in [-0.05, 0) is 36.6 Å². The third kappa shape index (κ3) is 4.29. The predicted octanol–water partition coefficient (Wildman–Crippen LogP) is 2.41. The van der Waals surface area contributed by atoms with Crippen molar-refractivity contribution in [1.29, 1.82) is 0 Å². The molecule has 0 bridgehead atoms. The van der Waals surface area contributed by atoms with Gasteiger partial charge in [-0.3, -0.25) is 14.4 Å². The van der Waals surface area contributed by atoms with Crippen LogP contribution in [0.5, 0.6) is 17.2 Å². The Hall–Kier alpha value is -5.46. The van der Waals surface area contributed by atoms with Crippen molar-refractivity contribution < 1.29 is 24.2 Å². The van der Waals surface area contributed by atoms with Gasteiger partial charge in [0.25, 0.3) is 5.56 Å². The highest BCUT2D eigenvalue weighted by Crippen LogP contribution is 2.60. The Balaban J connectivity index is 1.30. The monoisotopic (exact) mass is 653 g/mol. The Bertz CT molecular complexity index is 2300. The first-order valence-electron chi connectivity index (χ1n) is 15.7. The molecule has 248 valence electrons. The lowest BCUT2D eigenvalue weighted by atomic mass is 9.51. The molecule has 2 aromatic heterocycles. The number of nitrogens with zero attached hydrogens (tertiary/aromatic N) is 5. The number of hydrogen-bond donors (Lipinski definition) is 1. The maximum Gasteiger partial charge on any atom is 0.347 e. The summed E-state index contributed by atoms with van der Waals surface area (Å²) in [6, 6.07) is 9.30. The number of benzene rings is 2. The van der Waals surface area contributed by atoms with E-state index in [-0.39, 0.29) is 54.5 Å². The molecule has 0 unspecified atom stereocenters. The lowest BCUT2D eigenvalue weighted by Gasteiger charge is -2.52. The minimum absolute atomic E-state index is 0.000738. The fourth-order valence-electron chi connectivity index (χ4n) is 7.95. The number of aryl methyl sites for hydroxylation is 2. The topological polar surface area (TPSA) is 157 Å². The van der Waals surface area contributed by atoms with Gasteiger partial charge in [0.1, 0.15) is 11.4 Å². The molecule has 2 aromatic carbocycles. The summed E-state index contributed by atoms with van der Waals surface area (Å²) in [5, 5.41) is 11.0. The molecular formula is C35H35N5O8. The number of ether oxygens (including phenoxy) is 2. The van der Waals surface area contributed by atoms with Crippen LogP contribution in [0.25, 0.3) is 11.0 Å². The van der Waals surface area contributed by atoms with Crippen LogP contribution in [0.3, 0.4) is 0 Å². The molecule has 1 fully saturated rings. The average molecular weight is 654 g/mol. The normalized spacial score (nSPS) is 23.2. The van der Waals surface area contributed by atoms with Gasteiger partial charge in [-0.15, -0.1) is 0 Å². The van der Waals surface area contributed by atoms with Crippen LogP contribution in [0.15, 0.2) is 74.1 Å². The Morgan fingerprint density at radius 1 is 1.02 bits per heavy atom. The number of rotatable bonds is 6. The van der Waals surface area contributed by atoms with Crippen molar-refractivity contribution in [1.82, 2.24) is 23.5 Å². The van der Waals surface area contributed by atoms with Gasteiger partial charge >= 0.3 is 11.4 Å². The average Bonchev–Trinajstić information content (AvgIpc) is 3.32. The van der Waals surface area contributed by atoms with Crippen molar-refractivity contribution in [2.45, 2.75) is 51.7 Å². The number of allylic oxidation sites excluding steroid dienone is 4. The number of hydrogen-bond acceptors (Lipinski definition) is 9. The molecule has 1 saturated carbocycles. The number of aromatic nitrogens is 5. The zero-order chi connectivity index (χ0) is 34.2. The van der Waals surface area contributed by atoms with Gasteiger partial charge in [0, 0.05) is 49.5 Å². The summed E-state index contributed by atoms with van der Waals surface area (Å²) in [5.41, 5.74) is -0.0599. The molecule has 0 saturated heterocycles. The highest BCUT2D eigenvalue weighted by molar-refractivity contribution is 6.13. The Morgan fingerprint density at radius 2 is 1.73 bits per heavy atom. The van der Waals surface area contributed by atoms with Crippen LogP contribution in [-0.2, 0) is 36.1 Å². The van der Waals surface area contributed by atoms with Gasteiger partial charge < -0.3 is 19.1 Å². The molecule has 1 aliphatic heterocycles. The van der Waals surface area contributed by atoms with E-state index in [0.29, 0.717) is 39.2 Å². The predicted molar refractivity (Wildman–Crippen MR) is 175 cm³/mol. The van der Waals surface area contributed by atoms with E-state index in [9.17, 15) is 29.1 Å². The third-order valence-electron chi connectivity index (χ3n) is 10.5. The first kappa shape index (κ1) is 31.2. The number of para-hydroxylation sites is 1. The lowest BCUT2D eigenvalue weighted by Crippen LogP contribution is -2.54. The molecule has 4 aromatic rings. The standard InChI is InChI=1S/C35H35N5O8/c1-18-14-29(42)35(2)21(31(18)43)15-24-19(30(35)20-8-6-7-9-26(20)41)10-13-39-33(45)38(34(46)40(24)39)12-11-22-32(44)37(3)25-17-28(48-5)27(47-4)16-23(25)36-22/h6-10,14,16-17,21,24,30,41H,11-13,15H2,1-5H3/t21-,24+,30+,35-/m0/s1. The molecule has 7 rings (SSSR count). The summed E-state index contributed by atoms with van der Waals surface area (Å²) in [6.07, 6.45) is 3.34. The van der Waals surface area contributed by atoms with E-state index in [1.807, 2.05) is 6.08 Å². The molecule has 1 N–H and O–H groups in total. The van der Waals surface area contributed by atoms with E-state index < -0.39 is 34.7 Å². The summed E-state index contributed by atoms with van der Waals surface area (Å²) in [5.74, 6) is -1.07. The molecule has 3 heterocycles. The quantitative estimate of drug-likeness (QED) is 0.309. The summed E-state index contributed by atoms with van der Waals surface area (Å²) in [4.78, 5) is 73.2. The number of methoxy groups -OCH3 is 2. The van der Waals surface area contributed by atoms with Gasteiger partial charge in [0.05, 0.1) is 43.3 Å². The molecule has 2 aliphatic carbocycles. The van der Waals surface area contributed by atoms with Crippen LogP contribution in [0.2, 0.25) is 0 Å². The molecule has 4 atom stereocenters. The number of aromatic hydroxyl groups is 1. The molecule has 13 heteroatoms. The van der Waals surface area contributed by atoms with Gasteiger partial charge in [-0.25, -0.2) is 28.5 Å². The van der Waals surface area contributed by atoms with Crippen LogP contribution in [0.4, 0.5) is 0 Å². The van der Waals surface area contributed by atoms with E-state index in [1.165, 1.54) is 40.3 Å². The van der Waals surface area contributed by atoms with E-state index in [4.69, 9.17) is 9.47 Å². The minimum atomic E-state index is -1.21. The zero-order valence-corrected chi connectivity index (χ0v) is 27.2. The molecule has 0 spiro atoms. The lowest BCUT2D eigenvalue weighted by molar-refractivity contribution is -0.139. The van der Waals surface area contributed by atoms with Gasteiger partial charge in [-0.1, -0.05) is 31.2 Å². The Morgan fingerprint density at radius 3 is 2.44 bits per heavy atom. The second kappa shape index (κ2) is 11.1. The van der Waals surface area contributed by atoms with Crippen LogP contribution in [-0.4, -0.2) is 54.4 Å². The zero-order valence-electron chi connectivity index (χ0n) is 27.2. The van der Waals surface area contributed by atoms with Crippen LogP contribution < -0.4 is 26.4 Å². The fraction of sp³-hybridized carbons (Fsp3) is 0.371. The number of phenols is 1. The SMILES string of the molecule is COc1cc2nc(CCn3c(=O)n4n(c3=O)[C@@H]3C[C@H]5C(=O)C(C)=CC(=O)[C@@]5(C)[C@@H](c5ccccc5O)C3=CC4)c(=O)n(C)c2cc1OC. The third-order valence-corrected chi connectivity index (χ3v) is 10.5. The second-order valence-electron chi connectivity index (χ2n) is 12.9. The first-order valence-corrected chi connectivity index (χ1v) is 15.7. The summed E-state index contributed by atoms with van der Waals surface area (Å²) < 4.78 is 16.0. The van der Waals surface area contributed by atoms with Crippen LogP contribution in [0, 0.1) is 11.3 Å². The minimum Gasteiger partial charge on any atom is -0.508 e. The Labute approximate surface area is 273 Å². The van der Waals surface area contributed by atoms with Crippen molar-refractivity contribution in [3.8, 4) is 17.2 Å². The number of phenolic OH excluding ortho intramolecular Hbond substituents is 1. The van der Waals surface area contributed by atoms with E-state index in [0.717, 1.165) is 4.57 Å².